The van der Waals surface area contributed by atoms with E-state index in [-0.39, 0.29) is 5.82 Å². The van der Waals surface area contributed by atoms with Crippen LogP contribution in [-0.2, 0) is 0 Å². The molecule has 0 radical (unpaired) electrons. The van der Waals surface area contributed by atoms with Gasteiger partial charge in [-0.25, -0.2) is 4.39 Å². The molecule has 0 unspecified atom stereocenters. The number of hydrogen-bond donors (Lipinski definition) is 0. The Balaban J connectivity index is 0.000000461. The number of nitrogens with zero attached hydrogens (tertiary/aromatic N) is 1. The molecule has 1 aromatic carbocycles. The quantitative estimate of drug-likeness (QED) is 0.628. The third-order valence-electron chi connectivity index (χ3n) is 1.85. The van der Waals surface area contributed by atoms with Gasteiger partial charge in [0.2, 0.25) is 0 Å². The lowest BCUT2D eigenvalue weighted by atomic mass is 10.2. The van der Waals surface area contributed by atoms with Crippen molar-refractivity contribution in [1.82, 2.24) is 4.98 Å². The first kappa shape index (κ1) is 10.6. The second-order valence-corrected chi connectivity index (χ2v) is 2.75. The zero-order valence-electron chi connectivity index (χ0n) is 8.09. The van der Waals surface area contributed by atoms with E-state index in [9.17, 15) is 8.78 Å². The number of aryl methyl sites for hydroxylation is 1. The number of hydrogen-bond acceptors (Lipinski definition) is 1. The van der Waals surface area contributed by atoms with E-state index in [2.05, 4.69) is 4.98 Å². The molecule has 0 saturated heterocycles. The smallest absolute Gasteiger partial charge is 0.145 e. The molecule has 2 aromatic rings. The molecule has 1 nitrogen and oxygen atoms in total. The summed E-state index contributed by atoms with van der Waals surface area (Å²) in [5.74, 6) is -0.242. The normalized spacial score (nSPS) is 9.43. The van der Waals surface area contributed by atoms with Gasteiger partial charge in [-0.2, -0.15) is 0 Å². The number of para-hydroxylation sites is 1. The highest BCUT2D eigenvalue weighted by molar-refractivity contribution is 5.78. The Morgan fingerprint density at radius 3 is 2.50 bits per heavy atom. The van der Waals surface area contributed by atoms with Gasteiger partial charge in [-0.15, -0.1) is 0 Å². The Hall–Kier alpha value is -1.51. The lowest BCUT2D eigenvalue weighted by Gasteiger charge is -1.98. The van der Waals surface area contributed by atoms with Crippen LogP contribution in [0.2, 0.25) is 0 Å². The summed E-state index contributed by atoms with van der Waals surface area (Å²) in [4.78, 5) is 4.10. The minimum atomic E-state index is -0.242. The van der Waals surface area contributed by atoms with Crippen LogP contribution in [0.15, 0.2) is 30.3 Å². The summed E-state index contributed by atoms with van der Waals surface area (Å²) in [5.41, 5.74) is 1.30. The SMILES string of the molecule is CF.Cc1nc2ccccc2cc1F. The molecular formula is C11H11F2N. The van der Waals surface area contributed by atoms with Crippen LogP contribution in [0.25, 0.3) is 10.9 Å². The molecule has 0 saturated carbocycles. The first-order valence-electron chi connectivity index (χ1n) is 4.17. The van der Waals surface area contributed by atoms with E-state index < -0.39 is 0 Å². The first-order chi connectivity index (χ1) is 6.77. The van der Waals surface area contributed by atoms with Crippen LogP contribution in [0.5, 0.6) is 0 Å². The van der Waals surface area contributed by atoms with Crippen molar-refractivity contribution in [2.45, 2.75) is 6.92 Å². The van der Waals surface area contributed by atoms with E-state index in [0.29, 0.717) is 12.9 Å². The molecule has 0 aliphatic carbocycles. The fraction of sp³-hybridized carbons (Fsp3) is 0.182. The van der Waals surface area contributed by atoms with E-state index in [1.807, 2.05) is 24.3 Å². The number of benzene rings is 1. The zero-order valence-corrected chi connectivity index (χ0v) is 8.09. The van der Waals surface area contributed by atoms with Crippen molar-refractivity contribution < 1.29 is 8.78 Å². The monoisotopic (exact) mass is 195 g/mol. The van der Waals surface area contributed by atoms with Gasteiger partial charge in [0.05, 0.1) is 18.4 Å². The maximum atomic E-state index is 13.0. The average molecular weight is 195 g/mol. The van der Waals surface area contributed by atoms with Crippen LogP contribution in [0.3, 0.4) is 0 Å². The molecule has 14 heavy (non-hydrogen) atoms. The van der Waals surface area contributed by atoms with Crippen molar-refractivity contribution in [2.24, 2.45) is 0 Å². The predicted molar refractivity (Wildman–Crippen MR) is 53.5 cm³/mol. The minimum Gasteiger partial charge on any atom is -0.255 e. The summed E-state index contributed by atoms with van der Waals surface area (Å²) in [6, 6.07) is 9.01. The Labute approximate surface area is 81.4 Å². The molecule has 0 spiro atoms. The van der Waals surface area contributed by atoms with Crippen LogP contribution in [0.4, 0.5) is 8.78 Å². The lowest BCUT2D eigenvalue weighted by Crippen LogP contribution is -1.88. The van der Waals surface area contributed by atoms with Crippen LogP contribution in [0, 0.1) is 12.7 Å². The molecule has 0 aliphatic rings. The van der Waals surface area contributed by atoms with Gasteiger partial charge in [-0.05, 0) is 19.1 Å². The standard InChI is InChI=1S/C10H8FN.CH3F/c1-7-9(11)6-8-4-2-3-5-10(8)12-7;1-2/h2-6H,1H3;1H3. The molecule has 1 aromatic heterocycles. The molecule has 1 heterocycles. The number of rotatable bonds is 0. The molecule has 2 rings (SSSR count). The summed E-state index contributed by atoms with van der Waals surface area (Å²) in [6.07, 6.45) is 0. The van der Waals surface area contributed by atoms with Crippen molar-refractivity contribution in [3.8, 4) is 0 Å². The molecule has 0 amide bonds. The fourth-order valence-electron chi connectivity index (χ4n) is 1.19. The lowest BCUT2D eigenvalue weighted by molar-refractivity contribution is 0.613. The Bertz CT molecular complexity index is 386. The second kappa shape index (κ2) is 4.65. The van der Waals surface area contributed by atoms with Gasteiger partial charge in [0.25, 0.3) is 0 Å². The largest absolute Gasteiger partial charge is 0.255 e. The van der Waals surface area contributed by atoms with Gasteiger partial charge in [-0.3, -0.25) is 9.37 Å². The van der Waals surface area contributed by atoms with Crippen molar-refractivity contribution in [3.63, 3.8) is 0 Å². The van der Waals surface area contributed by atoms with E-state index in [4.69, 9.17) is 0 Å². The highest BCUT2D eigenvalue weighted by Crippen LogP contribution is 2.14. The second-order valence-electron chi connectivity index (χ2n) is 2.75. The Morgan fingerprint density at radius 1 is 1.14 bits per heavy atom. The molecule has 0 N–H and O–H groups in total. The van der Waals surface area contributed by atoms with Gasteiger partial charge in [0.1, 0.15) is 5.82 Å². The Kier molecular flexibility index (Phi) is 3.51. The van der Waals surface area contributed by atoms with E-state index in [1.165, 1.54) is 6.07 Å². The Morgan fingerprint density at radius 2 is 1.79 bits per heavy atom. The molecule has 0 atom stereocenters. The third-order valence-corrected chi connectivity index (χ3v) is 1.85. The summed E-state index contributed by atoms with van der Waals surface area (Å²) in [7, 11) is 0.500. The van der Waals surface area contributed by atoms with Crippen molar-refractivity contribution in [1.29, 1.82) is 0 Å². The molecular weight excluding hydrogens is 184 g/mol. The number of alkyl halides is 1. The van der Waals surface area contributed by atoms with Crippen LogP contribution in [0.1, 0.15) is 5.69 Å². The van der Waals surface area contributed by atoms with E-state index in [0.717, 1.165) is 10.9 Å². The van der Waals surface area contributed by atoms with Gasteiger partial charge >= 0.3 is 0 Å². The summed E-state index contributed by atoms with van der Waals surface area (Å²) < 4.78 is 22.5. The van der Waals surface area contributed by atoms with Gasteiger partial charge < -0.3 is 0 Å². The highest BCUT2D eigenvalue weighted by atomic mass is 19.1. The number of fused-ring (bicyclic) bond motifs is 1. The fourth-order valence-corrected chi connectivity index (χ4v) is 1.19. The highest BCUT2D eigenvalue weighted by Gasteiger charge is 1.99. The maximum Gasteiger partial charge on any atom is 0.145 e. The van der Waals surface area contributed by atoms with Gasteiger partial charge in [-0.1, -0.05) is 18.2 Å². The number of pyridine rings is 1. The van der Waals surface area contributed by atoms with Crippen molar-refractivity contribution in [3.05, 3.63) is 41.8 Å². The molecule has 0 bridgehead atoms. The third kappa shape index (κ3) is 2.05. The van der Waals surface area contributed by atoms with Crippen molar-refractivity contribution in [2.75, 3.05) is 7.18 Å². The molecule has 74 valence electrons. The van der Waals surface area contributed by atoms with Crippen molar-refractivity contribution >= 4 is 10.9 Å². The van der Waals surface area contributed by atoms with E-state index in [1.54, 1.807) is 6.92 Å². The molecule has 0 fully saturated rings. The minimum absolute atomic E-state index is 0.242. The summed E-state index contributed by atoms with van der Waals surface area (Å²) >= 11 is 0. The average Bonchev–Trinajstić information content (AvgIpc) is 2.23. The zero-order chi connectivity index (χ0) is 10.6. The molecule has 0 aliphatic heterocycles. The van der Waals surface area contributed by atoms with Crippen LogP contribution in [-0.4, -0.2) is 12.2 Å². The molecule has 3 heteroatoms. The maximum absolute atomic E-state index is 13.0. The van der Waals surface area contributed by atoms with Gasteiger partial charge in [0, 0.05) is 5.39 Å². The predicted octanol–water partition coefficient (Wildman–Crippen LogP) is 3.27. The van der Waals surface area contributed by atoms with Crippen LogP contribution < -0.4 is 0 Å². The summed E-state index contributed by atoms with van der Waals surface area (Å²) in [5, 5.41) is 0.848. The van der Waals surface area contributed by atoms with Gasteiger partial charge in [0.15, 0.2) is 0 Å². The number of aromatic nitrogens is 1. The first-order valence-corrected chi connectivity index (χ1v) is 4.17. The van der Waals surface area contributed by atoms with Crippen LogP contribution >= 0.6 is 0 Å². The summed E-state index contributed by atoms with van der Waals surface area (Å²) in [6.45, 7) is 1.67. The van der Waals surface area contributed by atoms with E-state index >= 15 is 0 Å². The number of halogens is 2. The topological polar surface area (TPSA) is 12.9 Å².